The van der Waals surface area contributed by atoms with Crippen molar-refractivity contribution in [3.8, 4) is 0 Å². The van der Waals surface area contributed by atoms with Crippen LogP contribution in [0.15, 0.2) is 54.6 Å². The van der Waals surface area contributed by atoms with E-state index >= 15 is 0 Å². The lowest BCUT2D eigenvalue weighted by molar-refractivity contribution is -0.138. The number of piperidine rings is 1. The van der Waals surface area contributed by atoms with Gasteiger partial charge in [0.1, 0.15) is 0 Å². The highest BCUT2D eigenvalue weighted by Gasteiger charge is 2.23. The van der Waals surface area contributed by atoms with E-state index in [2.05, 4.69) is 10.2 Å². The number of anilines is 1. The average Bonchev–Trinajstić information content (AvgIpc) is 2.69. The Balaban J connectivity index is 0.00000300. The van der Waals surface area contributed by atoms with Crippen LogP contribution in [-0.2, 0) is 11.3 Å². The van der Waals surface area contributed by atoms with Gasteiger partial charge in [0.25, 0.3) is 5.91 Å². The Morgan fingerprint density at radius 2 is 1.79 bits per heavy atom. The zero-order valence-corrected chi connectivity index (χ0v) is 17.4. The molecule has 1 aliphatic rings. The minimum atomic E-state index is -0.782. The molecule has 3 rings (SSSR count). The van der Waals surface area contributed by atoms with Crippen molar-refractivity contribution in [2.75, 3.05) is 32.0 Å². The molecule has 0 spiro atoms. The van der Waals surface area contributed by atoms with Gasteiger partial charge in [-0.2, -0.15) is 0 Å². The van der Waals surface area contributed by atoms with Gasteiger partial charge < -0.3 is 10.4 Å². The van der Waals surface area contributed by atoms with E-state index < -0.39 is 5.97 Å². The van der Waals surface area contributed by atoms with E-state index in [1.54, 1.807) is 0 Å². The van der Waals surface area contributed by atoms with Gasteiger partial charge >= 0.3 is 5.97 Å². The van der Waals surface area contributed by atoms with Crippen LogP contribution in [0.2, 0.25) is 0 Å². The molecule has 1 aliphatic heterocycles. The zero-order chi connectivity index (χ0) is 19.9. The van der Waals surface area contributed by atoms with Crippen LogP contribution in [0.25, 0.3) is 0 Å². The number of halogens is 1. The van der Waals surface area contributed by atoms with E-state index in [4.69, 9.17) is 5.11 Å². The van der Waals surface area contributed by atoms with Crippen molar-refractivity contribution in [3.05, 3.63) is 65.7 Å². The summed E-state index contributed by atoms with van der Waals surface area (Å²) in [6.45, 7) is 2.73. The molecule has 1 saturated heterocycles. The first-order valence-electron chi connectivity index (χ1n) is 9.61. The third kappa shape index (κ3) is 6.85. The van der Waals surface area contributed by atoms with Gasteiger partial charge in [-0.05, 0) is 62.8 Å². The number of carboxylic acid groups (broad SMARTS) is 1. The maximum Gasteiger partial charge on any atom is 0.317 e. The Kier molecular flexibility index (Phi) is 8.64. The summed E-state index contributed by atoms with van der Waals surface area (Å²) >= 11 is 0. The number of rotatable bonds is 7. The van der Waals surface area contributed by atoms with Gasteiger partial charge in [-0.15, -0.1) is 12.4 Å². The monoisotopic (exact) mass is 417 g/mol. The number of aliphatic carboxylic acids is 1. The van der Waals surface area contributed by atoms with Gasteiger partial charge in [0.15, 0.2) is 0 Å². The maximum atomic E-state index is 12.5. The number of benzene rings is 2. The third-order valence-electron chi connectivity index (χ3n) is 5.19. The molecule has 0 saturated carbocycles. The standard InChI is InChI=1S/C22H27N3O3.ClH/c1-24(16-21(26)27)20-10-12-25(13-11-20)15-17-6-5-7-18(14-17)22(28)23-19-8-3-2-4-9-19;/h2-9,14,20H,10-13,15-16H2,1H3,(H,23,28)(H,26,27);1H. The largest absolute Gasteiger partial charge is 0.480 e. The fourth-order valence-electron chi connectivity index (χ4n) is 3.65. The smallest absolute Gasteiger partial charge is 0.317 e. The molecule has 0 bridgehead atoms. The van der Waals surface area contributed by atoms with Crippen molar-refractivity contribution in [1.29, 1.82) is 0 Å². The Bertz CT molecular complexity index is 808. The minimum Gasteiger partial charge on any atom is -0.480 e. The summed E-state index contributed by atoms with van der Waals surface area (Å²) in [5.74, 6) is -0.891. The second-order valence-electron chi connectivity index (χ2n) is 7.34. The summed E-state index contributed by atoms with van der Waals surface area (Å²) in [5, 5.41) is 11.9. The number of carbonyl (C=O) groups excluding carboxylic acids is 1. The van der Waals surface area contributed by atoms with Crippen molar-refractivity contribution >= 4 is 30.0 Å². The molecule has 1 heterocycles. The number of carbonyl (C=O) groups is 2. The minimum absolute atomic E-state index is 0. The van der Waals surface area contributed by atoms with Gasteiger partial charge in [-0.3, -0.25) is 19.4 Å². The lowest BCUT2D eigenvalue weighted by Crippen LogP contribution is -2.44. The molecule has 0 unspecified atom stereocenters. The average molecular weight is 418 g/mol. The Morgan fingerprint density at radius 3 is 2.45 bits per heavy atom. The van der Waals surface area contributed by atoms with Crippen LogP contribution in [0.3, 0.4) is 0 Å². The molecular weight excluding hydrogens is 390 g/mol. The lowest BCUT2D eigenvalue weighted by atomic mass is 10.0. The molecule has 1 fully saturated rings. The molecule has 2 aromatic rings. The van der Waals surface area contributed by atoms with E-state index in [-0.39, 0.29) is 24.9 Å². The van der Waals surface area contributed by atoms with Gasteiger partial charge in [0.2, 0.25) is 0 Å². The van der Waals surface area contributed by atoms with E-state index in [1.807, 2.05) is 66.5 Å². The fourth-order valence-corrected chi connectivity index (χ4v) is 3.65. The summed E-state index contributed by atoms with van der Waals surface area (Å²) in [6, 6.07) is 17.5. The van der Waals surface area contributed by atoms with Crippen LogP contribution in [0, 0.1) is 0 Å². The highest BCUT2D eigenvalue weighted by Crippen LogP contribution is 2.18. The molecular formula is C22H28ClN3O3. The van der Waals surface area contributed by atoms with Crippen molar-refractivity contribution in [3.63, 3.8) is 0 Å². The topological polar surface area (TPSA) is 72.9 Å². The second-order valence-corrected chi connectivity index (χ2v) is 7.34. The van der Waals surface area contributed by atoms with Gasteiger partial charge in [-0.25, -0.2) is 0 Å². The van der Waals surface area contributed by atoms with E-state index in [0.29, 0.717) is 11.6 Å². The maximum absolute atomic E-state index is 12.5. The Morgan fingerprint density at radius 1 is 1.10 bits per heavy atom. The van der Waals surface area contributed by atoms with E-state index in [9.17, 15) is 9.59 Å². The fraction of sp³-hybridized carbons (Fsp3) is 0.364. The van der Waals surface area contributed by atoms with Crippen LogP contribution in [-0.4, -0.2) is 59.5 Å². The predicted octanol–water partition coefficient (Wildman–Crippen LogP) is 3.34. The molecule has 1 amide bonds. The van der Waals surface area contributed by atoms with Crippen molar-refractivity contribution in [1.82, 2.24) is 9.80 Å². The van der Waals surface area contributed by atoms with Crippen molar-refractivity contribution in [2.45, 2.75) is 25.4 Å². The SMILES string of the molecule is CN(CC(=O)O)C1CCN(Cc2cccc(C(=O)Nc3ccccc3)c2)CC1.Cl. The molecule has 2 aromatic carbocycles. The predicted molar refractivity (Wildman–Crippen MR) is 117 cm³/mol. The third-order valence-corrected chi connectivity index (χ3v) is 5.19. The molecule has 2 N–H and O–H groups in total. The highest BCUT2D eigenvalue weighted by molar-refractivity contribution is 6.04. The number of hydrogen-bond acceptors (Lipinski definition) is 4. The summed E-state index contributed by atoms with van der Waals surface area (Å²) < 4.78 is 0. The Labute approximate surface area is 177 Å². The molecule has 7 heteroatoms. The van der Waals surface area contributed by atoms with Crippen LogP contribution in [0.5, 0.6) is 0 Å². The number of likely N-dealkylation sites (tertiary alicyclic amines) is 1. The van der Waals surface area contributed by atoms with Crippen LogP contribution < -0.4 is 5.32 Å². The van der Waals surface area contributed by atoms with Crippen molar-refractivity contribution < 1.29 is 14.7 Å². The van der Waals surface area contributed by atoms with E-state index in [1.165, 1.54) is 0 Å². The van der Waals surface area contributed by atoms with Gasteiger partial charge in [-0.1, -0.05) is 30.3 Å². The quantitative estimate of drug-likeness (QED) is 0.722. The van der Waals surface area contributed by atoms with Gasteiger partial charge in [0, 0.05) is 23.8 Å². The highest BCUT2D eigenvalue weighted by atomic mass is 35.5. The first-order valence-corrected chi connectivity index (χ1v) is 9.61. The first-order chi connectivity index (χ1) is 13.5. The normalized spacial score (nSPS) is 15.0. The van der Waals surface area contributed by atoms with E-state index in [0.717, 1.165) is 43.7 Å². The molecule has 6 nitrogen and oxygen atoms in total. The molecule has 0 aromatic heterocycles. The molecule has 0 atom stereocenters. The number of nitrogens with zero attached hydrogens (tertiary/aromatic N) is 2. The number of amides is 1. The van der Waals surface area contributed by atoms with Crippen LogP contribution in [0.1, 0.15) is 28.8 Å². The van der Waals surface area contributed by atoms with Crippen LogP contribution in [0.4, 0.5) is 5.69 Å². The number of hydrogen-bond donors (Lipinski definition) is 2. The van der Waals surface area contributed by atoms with Crippen LogP contribution >= 0.6 is 12.4 Å². The second kappa shape index (κ2) is 11.0. The summed E-state index contributed by atoms with van der Waals surface area (Å²) in [5.41, 5.74) is 2.54. The molecule has 29 heavy (non-hydrogen) atoms. The zero-order valence-electron chi connectivity index (χ0n) is 16.6. The molecule has 0 aliphatic carbocycles. The first kappa shape index (κ1) is 22.9. The number of para-hydroxylation sites is 1. The molecule has 156 valence electrons. The Hall–Kier alpha value is -2.41. The summed E-state index contributed by atoms with van der Waals surface area (Å²) in [7, 11) is 1.88. The van der Waals surface area contributed by atoms with Gasteiger partial charge in [0.05, 0.1) is 6.54 Å². The lowest BCUT2D eigenvalue weighted by Gasteiger charge is -2.36. The summed E-state index contributed by atoms with van der Waals surface area (Å²) in [4.78, 5) is 27.6. The number of nitrogens with one attached hydrogen (secondary N) is 1. The van der Waals surface area contributed by atoms with Crippen molar-refractivity contribution in [2.24, 2.45) is 0 Å². The number of likely N-dealkylation sites (N-methyl/N-ethyl adjacent to an activating group) is 1. The number of carboxylic acids is 1. The molecule has 0 radical (unpaired) electrons. The summed E-state index contributed by atoms with van der Waals surface area (Å²) in [6.07, 6.45) is 1.91.